The second kappa shape index (κ2) is 7.04. The number of nitrogens with one attached hydrogen (secondary N) is 1. The fourth-order valence-electron chi connectivity index (χ4n) is 1.94. The van der Waals surface area contributed by atoms with Crippen LogP contribution in [0.2, 0.25) is 0 Å². The van der Waals surface area contributed by atoms with Gasteiger partial charge in [0.1, 0.15) is 5.58 Å². The Morgan fingerprint density at radius 2 is 2.25 bits per heavy atom. The number of furan rings is 1. The zero-order valence-corrected chi connectivity index (χ0v) is 11.7. The lowest BCUT2D eigenvalue weighted by Crippen LogP contribution is -2.18. The summed E-state index contributed by atoms with van der Waals surface area (Å²) in [5, 5.41) is 13.3. The molecule has 4 nitrogen and oxygen atoms in total. The number of hydrogen-bond donors (Lipinski definition) is 2. The van der Waals surface area contributed by atoms with Crippen LogP contribution in [0.25, 0.3) is 11.0 Å². The van der Waals surface area contributed by atoms with Gasteiger partial charge in [0.15, 0.2) is 0 Å². The van der Waals surface area contributed by atoms with Crippen molar-refractivity contribution in [1.29, 1.82) is 0 Å². The van der Waals surface area contributed by atoms with Crippen LogP contribution in [0.15, 0.2) is 28.7 Å². The van der Waals surface area contributed by atoms with Gasteiger partial charge in [0.2, 0.25) is 5.76 Å². The molecule has 20 heavy (non-hydrogen) atoms. The molecule has 0 saturated heterocycles. The van der Waals surface area contributed by atoms with Crippen LogP contribution < -0.4 is 5.32 Å². The molecule has 104 valence electrons. The second-order valence-electron chi connectivity index (χ2n) is 4.14. The summed E-state index contributed by atoms with van der Waals surface area (Å²) < 4.78 is 5.38. The Morgan fingerprint density at radius 1 is 1.45 bits per heavy atom. The molecular weight excluding hydrogens is 274 g/mol. The van der Waals surface area contributed by atoms with E-state index in [0.717, 1.165) is 17.7 Å². The van der Waals surface area contributed by atoms with E-state index in [4.69, 9.17) is 10.8 Å². The van der Waals surface area contributed by atoms with E-state index in [0.29, 0.717) is 23.4 Å². The molecule has 0 amide bonds. The van der Waals surface area contributed by atoms with E-state index in [1.54, 1.807) is 17.8 Å². The third-order valence-corrected chi connectivity index (χ3v) is 3.67. The van der Waals surface area contributed by atoms with Crippen LogP contribution >= 0.6 is 11.8 Å². The molecule has 0 aliphatic carbocycles. The SMILES string of the molecule is C#CCSCCNCc1c(C(=O)O)oc2ccccc12. The maximum Gasteiger partial charge on any atom is 0.372 e. The first-order chi connectivity index (χ1) is 9.74. The van der Waals surface area contributed by atoms with E-state index < -0.39 is 5.97 Å². The number of carbonyl (C=O) groups is 1. The van der Waals surface area contributed by atoms with Crippen LogP contribution in [0, 0.1) is 12.3 Å². The Hall–Kier alpha value is -1.90. The second-order valence-corrected chi connectivity index (χ2v) is 5.25. The Labute approximate surface area is 121 Å². The lowest BCUT2D eigenvalue weighted by molar-refractivity contribution is 0.0663. The van der Waals surface area contributed by atoms with Crippen molar-refractivity contribution in [2.45, 2.75) is 6.54 Å². The fraction of sp³-hybridized carbons (Fsp3) is 0.267. The fourth-order valence-corrected chi connectivity index (χ4v) is 2.49. The van der Waals surface area contributed by atoms with Crippen LogP contribution in [0.5, 0.6) is 0 Å². The van der Waals surface area contributed by atoms with Gasteiger partial charge in [0.25, 0.3) is 0 Å². The van der Waals surface area contributed by atoms with Crippen LogP contribution in [-0.2, 0) is 6.54 Å². The minimum absolute atomic E-state index is 0.00924. The Balaban J connectivity index is 2.06. The number of aromatic carboxylic acids is 1. The Kier molecular flexibility index (Phi) is 5.10. The highest BCUT2D eigenvalue weighted by atomic mass is 32.2. The lowest BCUT2D eigenvalue weighted by atomic mass is 10.1. The Bertz CT molecular complexity index is 642. The predicted molar refractivity (Wildman–Crippen MR) is 81.0 cm³/mol. The largest absolute Gasteiger partial charge is 0.475 e. The van der Waals surface area contributed by atoms with Gasteiger partial charge in [-0.15, -0.1) is 18.2 Å². The molecule has 0 aliphatic heterocycles. The number of carboxylic acids is 1. The number of carboxylic acid groups (broad SMARTS) is 1. The molecule has 0 fully saturated rings. The van der Waals surface area contributed by atoms with Crippen molar-refractivity contribution in [3.8, 4) is 12.3 Å². The summed E-state index contributed by atoms with van der Waals surface area (Å²) in [6.45, 7) is 1.24. The summed E-state index contributed by atoms with van der Waals surface area (Å²) in [4.78, 5) is 11.2. The van der Waals surface area contributed by atoms with E-state index >= 15 is 0 Å². The summed E-state index contributed by atoms with van der Waals surface area (Å²) in [7, 11) is 0. The van der Waals surface area contributed by atoms with Gasteiger partial charge in [-0.25, -0.2) is 4.79 Å². The van der Waals surface area contributed by atoms with Gasteiger partial charge in [0.05, 0.1) is 5.75 Å². The summed E-state index contributed by atoms with van der Waals surface area (Å²) in [6.07, 6.45) is 5.17. The van der Waals surface area contributed by atoms with Crippen molar-refractivity contribution >= 4 is 28.7 Å². The molecule has 0 radical (unpaired) electrons. The van der Waals surface area contributed by atoms with Crippen molar-refractivity contribution < 1.29 is 14.3 Å². The van der Waals surface area contributed by atoms with E-state index in [9.17, 15) is 9.90 Å². The number of hydrogen-bond acceptors (Lipinski definition) is 4. The summed E-state index contributed by atoms with van der Waals surface area (Å²) in [5.74, 6) is 3.11. The third kappa shape index (κ3) is 3.35. The van der Waals surface area contributed by atoms with Gasteiger partial charge < -0.3 is 14.8 Å². The first kappa shape index (κ1) is 14.5. The zero-order valence-electron chi connectivity index (χ0n) is 10.9. The van der Waals surface area contributed by atoms with Gasteiger partial charge in [-0.1, -0.05) is 24.1 Å². The summed E-state index contributed by atoms with van der Waals surface area (Å²) in [5.41, 5.74) is 1.29. The van der Waals surface area contributed by atoms with Crippen LogP contribution in [0.4, 0.5) is 0 Å². The first-order valence-corrected chi connectivity index (χ1v) is 7.35. The van der Waals surface area contributed by atoms with Crippen molar-refractivity contribution in [3.63, 3.8) is 0 Å². The van der Waals surface area contributed by atoms with Gasteiger partial charge in [-0.05, 0) is 6.07 Å². The highest BCUT2D eigenvalue weighted by molar-refractivity contribution is 7.99. The van der Waals surface area contributed by atoms with Gasteiger partial charge in [-0.2, -0.15) is 0 Å². The highest BCUT2D eigenvalue weighted by Gasteiger charge is 2.18. The lowest BCUT2D eigenvalue weighted by Gasteiger charge is -2.03. The first-order valence-electron chi connectivity index (χ1n) is 6.19. The van der Waals surface area contributed by atoms with Gasteiger partial charge in [0, 0.05) is 29.8 Å². The molecule has 0 unspecified atom stereocenters. The highest BCUT2D eigenvalue weighted by Crippen LogP contribution is 2.25. The van der Waals surface area contributed by atoms with E-state index in [2.05, 4.69) is 11.2 Å². The number of terminal acetylenes is 1. The number of thioether (sulfide) groups is 1. The monoisotopic (exact) mass is 289 g/mol. The van der Waals surface area contributed by atoms with E-state index in [1.165, 1.54) is 0 Å². The summed E-state index contributed by atoms with van der Waals surface area (Å²) in [6, 6.07) is 7.34. The molecule has 0 atom stereocenters. The zero-order chi connectivity index (χ0) is 14.4. The molecule has 0 spiro atoms. The number of para-hydroxylation sites is 1. The normalized spacial score (nSPS) is 10.6. The smallest absolute Gasteiger partial charge is 0.372 e. The van der Waals surface area contributed by atoms with Gasteiger partial charge >= 0.3 is 5.97 Å². The molecule has 0 saturated carbocycles. The molecule has 2 rings (SSSR count). The van der Waals surface area contributed by atoms with Crippen molar-refractivity contribution in [2.75, 3.05) is 18.1 Å². The molecule has 5 heteroatoms. The number of rotatable bonds is 7. The van der Waals surface area contributed by atoms with Crippen molar-refractivity contribution in [3.05, 3.63) is 35.6 Å². The Morgan fingerprint density at radius 3 is 3.00 bits per heavy atom. The average molecular weight is 289 g/mol. The minimum Gasteiger partial charge on any atom is -0.475 e. The maximum atomic E-state index is 11.2. The topological polar surface area (TPSA) is 62.5 Å². The molecule has 0 bridgehead atoms. The van der Waals surface area contributed by atoms with Crippen molar-refractivity contribution in [1.82, 2.24) is 5.32 Å². The molecule has 0 aliphatic rings. The molecular formula is C15H15NO3S. The summed E-state index contributed by atoms with van der Waals surface area (Å²) >= 11 is 1.67. The van der Waals surface area contributed by atoms with Crippen molar-refractivity contribution in [2.24, 2.45) is 0 Å². The molecule has 2 N–H and O–H groups in total. The molecule has 1 heterocycles. The molecule has 2 aromatic rings. The third-order valence-electron chi connectivity index (χ3n) is 2.80. The molecule has 1 aromatic carbocycles. The maximum absolute atomic E-state index is 11.2. The molecule has 1 aromatic heterocycles. The minimum atomic E-state index is -1.04. The quantitative estimate of drug-likeness (QED) is 0.606. The van der Waals surface area contributed by atoms with E-state index in [-0.39, 0.29) is 5.76 Å². The average Bonchev–Trinajstić information content (AvgIpc) is 2.82. The van der Waals surface area contributed by atoms with Crippen LogP contribution in [0.1, 0.15) is 16.1 Å². The van der Waals surface area contributed by atoms with Crippen LogP contribution in [-0.4, -0.2) is 29.1 Å². The van der Waals surface area contributed by atoms with E-state index in [1.807, 2.05) is 18.2 Å². The standard InChI is InChI=1S/C15H15NO3S/c1-2-8-20-9-7-16-10-12-11-5-3-4-6-13(11)19-14(12)15(17)18/h1,3-6,16H,7-10H2,(H,17,18). The number of benzene rings is 1. The number of fused-ring (bicyclic) bond motifs is 1. The predicted octanol–water partition coefficient (Wildman–Crippen LogP) is 2.59. The van der Waals surface area contributed by atoms with Crippen LogP contribution in [0.3, 0.4) is 0 Å². The van der Waals surface area contributed by atoms with Gasteiger partial charge in [-0.3, -0.25) is 0 Å².